The van der Waals surface area contributed by atoms with Crippen molar-refractivity contribution in [1.29, 1.82) is 0 Å². The molecule has 1 heterocycles. The van der Waals surface area contributed by atoms with Crippen LogP contribution in [0.1, 0.15) is 5.69 Å². The smallest absolute Gasteiger partial charge is 0.0545 e. The van der Waals surface area contributed by atoms with Gasteiger partial charge in [-0.05, 0) is 12.1 Å². The first-order valence-electron chi connectivity index (χ1n) is 2.58. The van der Waals surface area contributed by atoms with Crippen LogP contribution in [0, 0.1) is 0 Å². The van der Waals surface area contributed by atoms with E-state index in [9.17, 15) is 5.11 Å². The molecule has 2 heteroatoms. The monoisotopic (exact) mass is 120 g/mol. The second-order valence-electron chi connectivity index (χ2n) is 1.64. The van der Waals surface area contributed by atoms with Gasteiger partial charge in [-0.2, -0.15) is 0 Å². The maximum Gasteiger partial charge on any atom is 0.0545 e. The van der Waals surface area contributed by atoms with Crippen LogP contribution in [0.3, 0.4) is 0 Å². The van der Waals surface area contributed by atoms with Crippen molar-refractivity contribution >= 4 is 5.76 Å². The van der Waals surface area contributed by atoms with Crippen LogP contribution < -0.4 is 5.11 Å². The first-order chi connectivity index (χ1) is 4.30. The molecule has 46 valence electrons. The van der Waals surface area contributed by atoms with E-state index >= 15 is 0 Å². The van der Waals surface area contributed by atoms with Gasteiger partial charge >= 0.3 is 0 Å². The van der Waals surface area contributed by atoms with E-state index in [2.05, 4.69) is 11.6 Å². The van der Waals surface area contributed by atoms with Crippen molar-refractivity contribution in [3.05, 3.63) is 36.7 Å². The summed E-state index contributed by atoms with van der Waals surface area (Å²) >= 11 is 0. The van der Waals surface area contributed by atoms with Gasteiger partial charge in [0.25, 0.3) is 0 Å². The zero-order valence-electron chi connectivity index (χ0n) is 4.87. The molecule has 0 unspecified atom stereocenters. The van der Waals surface area contributed by atoms with Gasteiger partial charge in [0.05, 0.1) is 5.69 Å². The third-order valence-corrected chi connectivity index (χ3v) is 0.951. The first-order valence-corrected chi connectivity index (χ1v) is 2.58. The van der Waals surface area contributed by atoms with Crippen LogP contribution in [0.25, 0.3) is 5.76 Å². The number of rotatable bonds is 1. The summed E-state index contributed by atoms with van der Waals surface area (Å²) in [4.78, 5) is 3.77. The van der Waals surface area contributed by atoms with E-state index in [1.807, 2.05) is 0 Å². The van der Waals surface area contributed by atoms with Crippen LogP contribution in [0.15, 0.2) is 31.0 Å². The highest BCUT2D eigenvalue weighted by Gasteiger charge is 1.82. The summed E-state index contributed by atoms with van der Waals surface area (Å²) in [5, 5.41) is 10.5. The Hall–Kier alpha value is -1.31. The quantitative estimate of drug-likeness (QED) is 0.503. The predicted octanol–water partition coefficient (Wildman–Crippen LogP) is 0.413. The molecule has 1 aromatic heterocycles. The molecule has 0 saturated carbocycles. The minimum atomic E-state index is -0.240. The zero-order valence-corrected chi connectivity index (χ0v) is 4.87. The van der Waals surface area contributed by atoms with E-state index in [1.165, 1.54) is 0 Å². The van der Waals surface area contributed by atoms with Crippen molar-refractivity contribution < 1.29 is 5.11 Å². The number of pyridine rings is 1. The largest absolute Gasteiger partial charge is 0.871 e. The van der Waals surface area contributed by atoms with Crippen LogP contribution in [0.4, 0.5) is 0 Å². The molecule has 0 N–H and O–H groups in total. The molecule has 0 spiro atoms. The fourth-order valence-electron chi connectivity index (χ4n) is 0.528. The van der Waals surface area contributed by atoms with E-state index in [-0.39, 0.29) is 5.76 Å². The second kappa shape index (κ2) is 2.31. The predicted molar refractivity (Wildman–Crippen MR) is 33.3 cm³/mol. The van der Waals surface area contributed by atoms with Crippen molar-refractivity contribution in [1.82, 2.24) is 4.98 Å². The van der Waals surface area contributed by atoms with Gasteiger partial charge in [-0.15, -0.1) is 6.58 Å². The van der Waals surface area contributed by atoms with Gasteiger partial charge in [-0.25, -0.2) is 0 Å². The average Bonchev–Trinajstić information content (AvgIpc) is 1.90. The van der Waals surface area contributed by atoms with Crippen LogP contribution in [-0.2, 0) is 0 Å². The number of hydrogen-bond acceptors (Lipinski definition) is 2. The molecule has 0 aliphatic carbocycles. The summed E-state index contributed by atoms with van der Waals surface area (Å²) in [6.07, 6.45) is 1.57. The summed E-state index contributed by atoms with van der Waals surface area (Å²) in [6.45, 7) is 3.21. The van der Waals surface area contributed by atoms with E-state index in [0.717, 1.165) is 0 Å². The van der Waals surface area contributed by atoms with E-state index in [0.29, 0.717) is 5.69 Å². The Morgan fingerprint density at radius 2 is 2.33 bits per heavy atom. The fourth-order valence-corrected chi connectivity index (χ4v) is 0.528. The van der Waals surface area contributed by atoms with Crippen molar-refractivity contribution in [2.75, 3.05) is 0 Å². The molecule has 1 aromatic rings. The lowest BCUT2D eigenvalue weighted by atomic mass is 10.3. The fraction of sp³-hybridized carbons (Fsp3) is 0. The molecular formula is C7H6NO-. The van der Waals surface area contributed by atoms with Crippen molar-refractivity contribution in [3.8, 4) is 0 Å². The topological polar surface area (TPSA) is 36.0 Å². The number of hydrogen-bond donors (Lipinski definition) is 0. The molecule has 1 rings (SSSR count). The highest BCUT2D eigenvalue weighted by Crippen LogP contribution is 1.98. The van der Waals surface area contributed by atoms with Crippen molar-refractivity contribution in [2.45, 2.75) is 0 Å². The van der Waals surface area contributed by atoms with E-state index < -0.39 is 0 Å². The lowest BCUT2D eigenvalue weighted by molar-refractivity contribution is -0.243. The third-order valence-electron chi connectivity index (χ3n) is 0.951. The SMILES string of the molecule is C=C([O-])c1ccccn1. The Balaban J connectivity index is 2.98. The van der Waals surface area contributed by atoms with Gasteiger partial charge < -0.3 is 5.11 Å². The number of nitrogens with zero attached hydrogens (tertiary/aromatic N) is 1. The molecule has 0 amide bonds. The minimum Gasteiger partial charge on any atom is -0.871 e. The maximum absolute atomic E-state index is 10.5. The van der Waals surface area contributed by atoms with Crippen molar-refractivity contribution in [2.24, 2.45) is 0 Å². The van der Waals surface area contributed by atoms with Crippen LogP contribution >= 0.6 is 0 Å². The molecule has 0 saturated heterocycles. The minimum absolute atomic E-state index is 0.240. The zero-order chi connectivity index (χ0) is 6.69. The van der Waals surface area contributed by atoms with Crippen LogP contribution in [-0.4, -0.2) is 4.98 Å². The third kappa shape index (κ3) is 1.29. The first kappa shape index (κ1) is 5.82. The summed E-state index contributed by atoms with van der Waals surface area (Å²) in [6, 6.07) is 5.15. The van der Waals surface area contributed by atoms with E-state index in [4.69, 9.17) is 0 Å². The van der Waals surface area contributed by atoms with Crippen LogP contribution in [0.5, 0.6) is 0 Å². The Bertz CT molecular complexity index is 205. The Morgan fingerprint density at radius 3 is 2.67 bits per heavy atom. The Labute approximate surface area is 53.5 Å². The Kier molecular flexibility index (Phi) is 1.49. The van der Waals surface area contributed by atoms with Crippen LogP contribution in [0.2, 0.25) is 0 Å². The van der Waals surface area contributed by atoms with Gasteiger partial charge in [-0.1, -0.05) is 11.8 Å². The van der Waals surface area contributed by atoms with Gasteiger partial charge in [-0.3, -0.25) is 4.98 Å². The molecule has 0 aromatic carbocycles. The molecule has 9 heavy (non-hydrogen) atoms. The average molecular weight is 120 g/mol. The second-order valence-corrected chi connectivity index (χ2v) is 1.64. The molecule has 0 fully saturated rings. The maximum atomic E-state index is 10.5. The van der Waals surface area contributed by atoms with Gasteiger partial charge in [0, 0.05) is 6.20 Å². The van der Waals surface area contributed by atoms with Gasteiger partial charge in [0.2, 0.25) is 0 Å². The molecular weight excluding hydrogens is 114 g/mol. The molecule has 0 aliphatic rings. The molecule has 0 aliphatic heterocycles. The summed E-state index contributed by atoms with van der Waals surface area (Å²) in [5.74, 6) is -0.240. The van der Waals surface area contributed by atoms with Gasteiger partial charge in [0.15, 0.2) is 0 Å². The van der Waals surface area contributed by atoms with Crippen molar-refractivity contribution in [3.63, 3.8) is 0 Å². The standard InChI is InChI=1S/C7H7NO/c1-6(9)7-4-2-3-5-8-7/h2-5,9H,1H2/p-1. The molecule has 0 bridgehead atoms. The molecule has 0 radical (unpaired) electrons. The summed E-state index contributed by atoms with van der Waals surface area (Å²) in [5.41, 5.74) is 0.414. The summed E-state index contributed by atoms with van der Waals surface area (Å²) < 4.78 is 0. The normalized spacial score (nSPS) is 8.89. The highest BCUT2D eigenvalue weighted by molar-refractivity contribution is 5.49. The van der Waals surface area contributed by atoms with E-state index in [1.54, 1.807) is 24.4 Å². The lowest BCUT2D eigenvalue weighted by Gasteiger charge is -2.05. The Morgan fingerprint density at radius 1 is 1.56 bits per heavy atom. The summed E-state index contributed by atoms with van der Waals surface area (Å²) in [7, 11) is 0. The number of aromatic nitrogens is 1. The molecule has 2 nitrogen and oxygen atoms in total. The highest BCUT2D eigenvalue weighted by atomic mass is 16.3. The van der Waals surface area contributed by atoms with Gasteiger partial charge in [0.1, 0.15) is 0 Å². The lowest BCUT2D eigenvalue weighted by Crippen LogP contribution is -2.01. The molecule has 0 atom stereocenters.